The number of aromatic nitrogens is 3. The number of nitrogens with zero attached hydrogens (tertiary/aromatic N) is 3. The van der Waals surface area contributed by atoms with Crippen molar-refractivity contribution in [1.29, 1.82) is 0 Å². The van der Waals surface area contributed by atoms with E-state index in [0.29, 0.717) is 17.5 Å². The van der Waals surface area contributed by atoms with Crippen LogP contribution in [0.4, 0.5) is 0 Å². The highest BCUT2D eigenvalue weighted by molar-refractivity contribution is 6.21. The van der Waals surface area contributed by atoms with Crippen LogP contribution in [0.3, 0.4) is 0 Å². The van der Waals surface area contributed by atoms with Crippen LogP contribution in [0.1, 0.15) is 0 Å². The van der Waals surface area contributed by atoms with Crippen LogP contribution < -0.4 is 0 Å². The Balaban J connectivity index is 1.38. The van der Waals surface area contributed by atoms with E-state index in [-0.39, 0.29) is 0 Å². The minimum atomic E-state index is 0.604. The molecule has 0 atom stereocenters. The SMILES string of the molecule is c1ccc(-c2nc(-c3cccc4ccccc34)nc(-c3ccc(-c4ccccc4)c4oc5c6ccccc6ccc5c34)n2)cc1. The fraction of sp³-hybridized carbons (Fsp3) is 0. The van der Waals surface area contributed by atoms with Crippen LogP contribution in [-0.2, 0) is 0 Å². The second-order valence-electron chi connectivity index (χ2n) is 11.2. The summed E-state index contributed by atoms with van der Waals surface area (Å²) in [5.41, 5.74) is 6.60. The Labute approximate surface area is 259 Å². The average molecular weight is 576 g/mol. The lowest BCUT2D eigenvalue weighted by atomic mass is 9.97. The second-order valence-corrected chi connectivity index (χ2v) is 11.2. The molecule has 9 rings (SSSR count). The molecule has 7 aromatic carbocycles. The third kappa shape index (κ3) is 4.19. The summed E-state index contributed by atoms with van der Waals surface area (Å²) in [7, 11) is 0. The van der Waals surface area contributed by atoms with Gasteiger partial charge < -0.3 is 4.42 Å². The predicted octanol–water partition coefficient (Wildman–Crippen LogP) is 10.7. The molecular weight excluding hydrogens is 550 g/mol. The molecule has 2 heterocycles. The van der Waals surface area contributed by atoms with Crippen molar-refractivity contribution >= 4 is 43.5 Å². The number of rotatable bonds is 4. The first-order valence-corrected chi connectivity index (χ1v) is 15.0. The third-order valence-electron chi connectivity index (χ3n) is 8.53. The second kappa shape index (κ2) is 10.2. The highest BCUT2D eigenvalue weighted by Gasteiger charge is 2.22. The summed E-state index contributed by atoms with van der Waals surface area (Å²) < 4.78 is 6.83. The van der Waals surface area contributed by atoms with Crippen LogP contribution in [0.15, 0.2) is 156 Å². The van der Waals surface area contributed by atoms with Crippen molar-refractivity contribution < 1.29 is 4.42 Å². The van der Waals surface area contributed by atoms with Crippen LogP contribution >= 0.6 is 0 Å². The van der Waals surface area contributed by atoms with Gasteiger partial charge in [-0.2, -0.15) is 0 Å². The van der Waals surface area contributed by atoms with Gasteiger partial charge in [-0.3, -0.25) is 0 Å². The average Bonchev–Trinajstić information content (AvgIpc) is 3.52. The Bertz CT molecular complexity index is 2530. The van der Waals surface area contributed by atoms with Gasteiger partial charge in [0.25, 0.3) is 0 Å². The van der Waals surface area contributed by atoms with Crippen molar-refractivity contribution in [3.05, 3.63) is 152 Å². The van der Waals surface area contributed by atoms with Crippen molar-refractivity contribution in [2.75, 3.05) is 0 Å². The zero-order valence-electron chi connectivity index (χ0n) is 24.2. The summed E-state index contributed by atoms with van der Waals surface area (Å²) in [5, 5.41) is 6.47. The van der Waals surface area contributed by atoms with Crippen LogP contribution in [0.5, 0.6) is 0 Å². The van der Waals surface area contributed by atoms with Crippen LogP contribution in [0.25, 0.3) is 88.8 Å². The fourth-order valence-corrected chi connectivity index (χ4v) is 6.39. The van der Waals surface area contributed by atoms with E-state index < -0.39 is 0 Å². The fourth-order valence-electron chi connectivity index (χ4n) is 6.39. The molecule has 0 aliphatic heterocycles. The van der Waals surface area contributed by atoms with E-state index in [1.165, 1.54) is 0 Å². The van der Waals surface area contributed by atoms with Gasteiger partial charge in [0.05, 0.1) is 0 Å². The van der Waals surface area contributed by atoms with E-state index in [4.69, 9.17) is 19.4 Å². The van der Waals surface area contributed by atoms with E-state index >= 15 is 0 Å². The quantitative estimate of drug-likeness (QED) is 0.209. The number of benzene rings is 7. The first-order valence-electron chi connectivity index (χ1n) is 15.0. The van der Waals surface area contributed by atoms with Gasteiger partial charge in [-0.15, -0.1) is 0 Å². The standard InChI is InChI=1S/C41H25N3O/c1-3-12-27(13-4-1)32-24-25-35(36-34-23-22-28-15-8-10-20-31(28)37(34)45-38(32)36)41-43-39(29-16-5-2-6-17-29)42-40(44-41)33-21-11-18-26-14-7-9-19-30(26)33/h1-25H. The van der Waals surface area contributed by atoms with Gasteiger partial charge in [-0.05, 0) is 39.9 Å². The summed E-state index contributed by atoms with van der Waals surface area (Å²) in [4.78, 5) is 15.3. The van der Waals surface area contributed by atoms with Crippen molar-refractivity contribution in [3.63, 3.8) is 0 Å². The van der Waals surface area contributed by atoms with Crippen molar-refractivity contribution in [2.45, 2.75) is 0 Å². The van der Waals surface area contributed by atoms with E-state index in [1.54, 1.807) is 0 Å². The first kappa shape index (κ1) is 25.4. The molecule has 0 aliphatic rings. The molecule has 0 saturated heterocycles. The summed E-state index contributed by atoms with van der Waals surface area (Å²) in [6.07, 6.45) is 0. The summed E-state index contributed by atoms with van der Waals surface area (Å²) in [6.45, 7) is 0. The van der Waals surface area contributed by atoms with Crippen molar-refractivity contribution in [2.24, 2.45) is 0 Å². The van der Waals surface area contributed by atoms with E-state index in [1.807, 2.05) is 36.4 Å². The zero-order chi connectivity index (χ0) is 29.7. The van der Waals surface area contributed by atoms with Crippen molar-refractivity contribution in [3.8, 4) is 45.3 Å². The van der Waals surface area contributed by atoms with Gasteiger partial charge in [-0.25, -0.2) is 15.0 Å². The van der Waals surface area contributed by atoms with Crippen LogP contribution in [0.2, 0.25) is 0 Å². The van der Waals surface area contributed by atoms with Gasteiger partial charge >= 0.3 is 0 Å². The van der Waals surface area contributed by atoms with Gasteiger partial charge in [0.15, 0.2) is 17.5 Å². The van der Waals surface area contributed by atoms with Crippen LogP contribution in [0, 0.1) is 0 Å². The van der Waals surface area contributed by atoms with E-state index in [9.17, 15) is 0 Å². The maximum absolute atomic E-state index is 6.83. The normalized spacial score (nSPS) is 11.6. The first-order chi connectivity index (χ1) is 22.3. The Morgan fingerprint density at radius 1 is 0.333 bits per heavy atom. The molecule has 0 radical (unpaired) electrons. The molecule has 0 spiro atoms. The molecule has 0 N–H and O–H groups in total. The number of furan rings is 1. The minimum Gasteiger partial charge on any atom is -0.455 e. The monoisotopic (exact) mass is 575 g/mol. The molecule has 9 aromatic rings. The number of hydrogen-bond donors (Lipinski definition) is 0. The highest BCUT2D eigenvalue weighted by atomic mass is 16.3. The van der Waals surface area contributed by atoms with E-state index in [2.05, 4.69) is 115 Å². The van der Waals surface area contributed by atoms with E-state index in [0.717, 1.165) is 71.3 Å². The Hall–Kier alpha value is -6.13. The predicted molar refractivity (Wildman–Crippen MR) is 184 cm³/mol. The molecule has 0 aliphatic carbocycles. The Morgan fingerprint density at radius 3 is 1.69 bits per heavy atom. The lowest BCUT2D eigenvalue weighted by Crippen LogP contribution is -2.01. The molecule has 0 amide bonds. The molecule has 0 fully saturated rings. The molecule has 210 valence electrons. The zero-order valence-corrected chi connectivity index (χ0v) is 24.2. The van der Waals surface area contributed by atoms with Gasteiger partial charge in [0.1, 0.15) is 11.2 Å². The highest BCUT2D eigenvalue weighted by Crippen LogP contribution is 2.43. The number of hydrogen-bond acceptors (Lipinski definition) is 4. The molecule has 0 unspecified atom stereocenters. The Morgan fingerprint density at radius 2 is 0.911 bits per heavy atom. The molecule has 4 nitrogen and oxygen atoms in total. The largest absolute Gasteiger partial charge is 0.455 e. The van der Waals surface area contributed by atoms with Gasteiger partial charge in [0, 0.05) is 38.4 Å². The number of fused-ring (bicyclic) bond motifs is 6. The molecule has 4 heteroatoms. The van der Waals surface area contributed by atoms with Crippen molar-refractivity contribution in [1.82, 2.24) is 15.0 Å². The summed E-state index contributed by atoms with van der Waals surface area (Å²) >= 11 is 0. The van der Waals surface area contributed by atoms with Gasteiger partial charge in [0.2, 0.25) is 0 Å². The lowest BCUT2D eigenvalue weighted by molar-refractivity contribution is 0.674. The maximum Gasteiger partial charge on any atom is 0.164 e. The third-order valence-corrected chi connectivity index (χ3v) is 8.53. The molecule has 0 bridgehead atoms. The topological polar surface area (TPSA) is 51.8 Å². The minimum absolute atomic E-state index is 0.604. The molecule has 2 aromatic heterocycles. The summed E-state index contributed by atoms with van der Waals surface area (Å²) in [6, 6.07) is 52.1. The molecular formula is C41H25N3O. The molecule has 45 heavy (non-hydrogen) atoms. The Kier molecular flexibility index (Phi) is 5.78. The van der Waals surface area contributed by atoms with Crippen LogP contribution in [-0.4, -0.2) is 15.0 Å². The maximum atomic E-state index is 6.83. The smallest absolute Gasteiger partial charge is 0.164 e. The van der Waals surface area contributed by atoms with Gasteiger partial charge in [-0.1, -0.05) is 133 Å². The summed E-state index contributed by atoms with van der Waals surface area (Å²) in [5.74, 6) is 1.86. The lowest BCUT2D eigenvalue weighted by Gasteiger charge is -2.12. The molecule has 0 saturated carbocycles.